The van der Waals surface area contributed by atoms with Crippen molar-refractivity contribution in [1.29, 1.82) is 0 Å². The third kappa shape index (κ3) is 2.29. The Kier molecular flexibility index (Phi) is 2.91. The van der Waals surface area contributed by atoms with Gasteiger partial charge in [-0.1, -0.05) is 25.4 Å². The Bertz CT molecular complexity index is 462. The number of aryl methyl sites for hydroxylation is 1. The summed E-state index contributed by atoms with van der Waals surface area (Å²) in [6.07, 6.45) is 3.68. The molecule has 80 valence electrons. The number of nitrogens with one attached hydrogen (secondary N) is 1. The summed E-state index contributed by atoms with van der Waals surface area (Å²) in [5.41, 5.74) is 2.01. The molecule has 0 aliphatic heterocycles. The van der Waals surface area contributed by atoms with E-state index in [4.69, 9.17) is 11.6 Å². The Labute approximate surface area is 93.9 Å². The maximum Gasteiger partial charge on any atom is 0.142 e. The predicted octanol–water partition coefficient (Wildman–Crippen LogP) is 3.20. The molecule has 0 atom stereocenters. The highest BCUT2D eigenvalue weighted by Gasteiger charge is 2.06. The van der Waals surface area contributed by atoms with E-state index in [2.05, 4.69) is 28.8 Å². The number of rotatable bonds is 3. The molecule has 2 aromatic heterocycles. The van der Waals surface area contributed by atoms with Gasteiger partial charge in [0.05, 0.1) is 5.39 Å². The Morgan fingerprint density at radius 3 is 2.87 bits per heavy atom. The third-order valence-corrected chi connectivity index (χ3v) is 2.73. The minimum absolute atomic E-state index is 0.520. The second-order valence-electron chi connectivity index (χ2n) is 4.15. The molecule has 1 N–H and O–H groups in total. The van der Waals surface area contributed by atoms with Gasteiger partial charge in [0.1, 0.15) is 17.1 Å². The molecule has 0 amide bonds. The number of halogens is 1. The lowest BCUT2D eigenvalue weighted by molar-refractivity contribution is 0.583. The van der Waals surface area contributed by atoms with Crippen LogP contribution in [0.25, 0.3) is 11.0 Å². The molecule has 15 heavy (non-hydrogen) atoms. The van der Waals surface area contributed by atoms with Crippen LogP contribution in [0, 0.1) is 5.92 Å². The number of nitrogens with zero attached hydrogens (tertiary/aromatic N) is 2. The molecule has 2 heterocycles. The van der Waals surface area contributed by atoms with Crippen molar-refractivity contribution in [1.82, 2.24) is 15.0 Å². The van der Waals surface area contributed by atoms with Crippen molar-refractivity contribution in [3.8, 4) is 0 Å². The summed E-state index contributed by atoms with van der Waals surface area (Å²) in [5, 5.41) is 1.44. The van der Waals surface area contributed by atoms with E-state index in [1.807, 2.05) is 6.07 Å². The summed E-state index contributed by atoms with van der Waals surface area (Å²) in [6.45, 7) is 4.44. The topological polar surface area (TPSA) is 41.6 Å². The van der Waals surface area contributed by atoms with Gasteiger partial charge in [-0.05, 0) is 24.8 Å². The molecule has 0 fully saturated rings. The molecule has 0 bridgehead atoms. The maximum absolute atomic E-state index is 5.96. The number of aromatic amines is 1. The van der Waals surface area contributed by atoms with Crippen molar-refractivity contribution in [2.75, 3.05) is 0 Å². The van der Waals surface area contributed by atoms with Crippen LogP contribution in [0.2, 0.25) is 5.15 Å². The molecule has 0 spiro atoms. The molecule has 0 aliphatic rings. The number of aromatic nitrogens is 3. The fourth-order valence-corrected chi connectivity index (χ4v) is 1.73. The fraction of sp³-hybridized carbons (Fsp3) is 0.455. The second kappa shape index (κ2) is 4.19. The number of hydrogen-bond acceptors (Lipinski definition) is 2. The first-order valence-electron chi connectivity index (χ1n) is 5.15. The summed E-state index contributed by atoms with van der Waals surface area (Å²) in [6, 6.07) is 2.04. The average molecular weight is 224 g/mol. The maximum atomic E-state index is 5.96. The lowest BCUT2D eigenvalue weighted by Crippen LogP contribution is -1.91. The first-order chi connectivity index (χ1) is 7.16. The highest BCUT2D eigenvalue weighted by atomic mass is 35.5. The van der Waals surface area contributed by atoms with Gasteiger partial charge in [-0.3, -0.25) is 0 Å². The van der Waals surface area contributed by atoms with Gasteiger partial charge in [0.25, 0.3) is 0 Å². The van der Waals surface area contributed by atoms with Crippen LogP contribution in [-0.2, 0) is 6.42 Å². The molecule has 3 nitrogen and oxygen atoms in total. The van der Waals surface area contributed by atoms with Crippen molar-refractivity contribution < 1.29 is 0 Å². The van der Waals surface area contributed by atoms with Gasteiger partial charge in [0, 0.05) is 5.69 Å². The first kappa shape index (κ1) is 10.4. The van der Waals surface area contributed by atoms with Crippen molar-refractivity contribution in [3.63, 3.8) is 0 Å². The molecule has 0 aliphatic carbocycles. The predicted molar refractivity (Wildman–Crippen MR) is 62.1 cm³/mol. The van der Waals surface area contributed by atoms with Gasteiger partial charge >= 0.3 is 0 Å². The number of hydrogen-bond donors (Lipinski definition) is 1. The molecule has 2 rings (SSSR count). The zero-order valence-electron chi connectivity index (χ0n) is 8.92. The van der Waals surface area contributed by atoms with Gasteiger partial charge in [-0.2, -0.15) is 0 Å². The lowest BCUT2D eigenvalue weighted by atomic mass is 10.1. The van der Waals surface area contributed by atoms with E-state index >= 15 is 0 Å². The summed E-state index contributed by atoms with van der Waals surface area (Å²) in [7, 11) is 0. The SMILES string of the molecule is CC(C)CCc1cc2c(Cl)ncnc2[nH]1. The summed E-state index contributed by atoms with van der Waals surface area (Å²) >= 11 is 5.96. The van der Waals surface area contributed by atoms with Crippen LogP contribution in [-0.4, -0.2) is 15.0 Å². The Morgan fingerprint density at radius 1 is 1.40 bits per heavy atom. The molecule has 0 unspecified atom stereocenters. The van der Waals surface area contributed by atoms with Crippen LogP contribution in [0.4, 0.5) is 0 Å². The van der Waals surface area contributed by atoms with Gasteiger partial charge in [0.2, 0.25) is 0 Å². The van der Waals surface area contributed by atoms with E-state index in [1.165, 1.54) is 12.0 Å². The molecule has 4 heteroatoms. The second-order valence-corrected chi connectivity index (χ2v) is 4.51. The van der Waals surface area contributed by atoms with Crippen molar-refractivity contribution in [2.24, 2.45) is 5.92 Å². The smallest absolute Gasteiger partial charge is 0.142 e. The fourth-order valence-electron chi connectivity index (χ4n) is 1.54. The van der Waals surface area contributed by atoms with Crippen molar-refractivity contribution >= 4 is 22.6 Å². The zero-order valence-corrected chi connectivity index (χ0v) is 9.67. The van der Waals surface area contributed by atoms with Gasteiger partial charge < -0.3 is 4.98 Å². The van der Waals surface area contributed by atoms with Gasteiger partial charge in [-0.25, -0.2) is 9.97 Å². The first-order valence-corrected chi connectivity index (χ1v) is 5.52. The average Bonchev–Trinajstić information content (AvgIpc) is 2.59. The van der Waals surface area contributed by atoms with Crippen LogP contribution in [0.1, 0.15) is 26.0 Å². The van der Waals surface area contributed by atoms with E-state index in [0.717, 1.165) is 23.9 Å². The minimum atomic E-state index is 0.520. The van der Waals surface area contributed by atoms with E-state index in [1.54, 1.807) is 0 Å². The Morgan fingerprint density at radius 2 is 2.20 bits per heavy atom. The Hall–Kier alpha value is -1.09. The normalized spacial score (nSPS) is 11.5. The highest BCUT2D eigenvalue weighted by Crippen LogP contribution is 2.21. The van der Waals surface area contributed by atoms with Crippen LogP contribution in [0.15, 0.2) is 12.4 Å². The molecule has 0 aromatic carbocycles. The summed E-state index contributed by atoms with van der Waals surface area (Å²) in [5.74, 6) is 0.706. The van der Waals surface area contributed by atoms with Gasteiger partial charge in [-0.15, -0.1) is 0 Å². The quantitative estimate of drug-likeness (QED) is 0.812. The molecular formula is C11H14ClN3. The van der Waals surface area contributed by atoms with Crippen molar-refractivity contribution in [2.45, 2.75) is 26.7 Å². The van der Waals surface area contributed by atoms with Crippen LogP contribution >= 0.6 is 11.6 Å². The van der Waals surface area contributed by atoms with E-state index in [0.29, 0.717) is 11.1 Å². The van der Waals surface area contributed by atoms with E-state index in [-0.39, 0.29) is 0 Å². The molecule has 0 radical (unpaired) electrons. The number of H-pyrrole nitrogens is 1. The monoisotopic (exact) mass is 223 g/mol. The minimum Gasteiger partial charge on any atom is -0.343 e. The van der Waals surface area contributed by atoms with Crippen LogP contribution in [0.3, 0.4) is 0 Å². The molecule has 0 saturated carbocycles. The van der Waals surface area contributed by atoms with Crippen molar-refractivity contribution in [3.05, 3.63) is 23.2 Å². The third-order valence-electron chi connectivity index (χ3n) is 2.42. The summed E-state index contributed by atoms with van der Waals surface area (Å²) in [4.78, 5) is 11.3. The van der Waals surface area contributed by atoms with E-state index < -0.39 is 0 Å². The van der Waals surface area contributed by atoms with Crippen LogP contribution in [0.5, 0.6) is 0 Å². The van der Waals surface area contributed by atoms with E-state index in [9.17, 15) is 0 Å². The highest BCUT2D eigenvalue weighted by molar-refractivity contribution is 6.33. The molecular weight excluding hydrogens is 210 g/mol. The molecule has 0 saturated heterocycles. The zero-order chi connectivity index (χ0) is 10.8. The Balaban J connectivity index is 2.27. The molecule has 2 aromatic rings. The summed E-state index contributed by atoms with van der Waals surface area (Å²) < 4.78 is 0. The standard InChI is InChI=1S/C11H14ClN3/c1-7(2)3-4-8-5-9-10(12)13-6-14-11(9)15-8/h5-7H,3-4H2,1-2H3,(H,13,14,15). The largest absolute Gasteiger partial charge is 0.343 e. The van der Waals surface area contributed by atoms with Crippen LogP contribution < -0.4 is 0 Å². The lowest BCUT2D eigenvalue weighted by Gasteiger charge is -2.01. The van der Waals surface area contributed by atoms with Gasteiger partial charge in [0.15, 0.2) is 0 Å². The number of fused-ring (bicyclic) bond motifs is 1.